The summed E-state index contributed by atoms with van der Waals surface area (Å²) in [5.41, 5.74) is 1.79. The zero-order chi connectivity index (χ0) is 17.6. The summed E-state index contributed by atoms with van der Waals surface area (Å²) in [6, 6.07) is 6.42. The van der Waals surface area contributed by atoms with Crippen molar-refractivity contribution in [2.24, 2.45) is 7.05 Å². The zero-order valence-corrected chi connectivity index (χ0v) is 14.5. The van der Waals surface area contributed by atoms with Gasteiger partial charge in [-0.25, -0.2) is 13.2 Å². The SMILES string of the molecule is Cn1c(=O)oc2cc(S(=O)(=O)N3CCCC(c4ccn[nH]4)C3)ccc21. The topological polar surface area (TPSA) is 101 Å². The number of fused-ring (bicyclic) bond motifs is 1. The third kappa shape index (κ3) is 2.69. The van der Waals surface area contributed by atoms with E-state index >= 15 is 0 Å². The Labute approximate surface area is 144 Å². The van der Waals surface area contributed by atoms with Crippen LogP contribution in [0.4, 0.5) is 0 Å². The number of aromatic nitrogens is 3. The molecule has 2 aromatic heterocycles. The summed E-state index contributed by atoms with van der Waals surface area (Å²) >= 11 is 0. The summed E-state index contributed by atoms with van der Waals surface area (Å²) in [5, 5.41) is 6.88. The van der Waals surface area contributed by atoms with E-state index < -0.39 is 15.8 Å². The van der Waals surface area contributed by atoms with E-state index in [1.54, 1.807) is 19.3 Å². The number of sulfonamides is 1. The molecule has 9 heteroatoms. The van der Waals surface area contributed by atoms with E-state index in [0.717, 1.165) is 18.5 Å². The largest absolute Gasteiger partial charge is 0.419 e. The lowest BCUT2D eigenvalue weighted by Gasteiger charge is -2.31. The molecule has 3 aromatic rings. The average molecular weight is 362 g/mol. The molecule has 1 unspecified atom stereocenters. The number of hydrogen-bond acceptors (Lipinski definition) is 5. The van der Waals surface area contributed by atoms with Crippen molar-refractivity contribution >= 4 is 21.1 Å². The minimum absolute atomic E-state index is 0.101. The first-order chi connectivity index (χ1) is 12.0. The Balaban J connectivity index is 1.68. The van der Waals surface area contributed by atoms with Gasteiger partial charge < -0.3 is 4.42 Å². The number of aromatic amines is 1. The van der Waals surface area contributed by atoms with Gasteiger partial charge in [0.05, 0.1) is 10.4 Å². The van der Waals surface area contributed by atoms with Crippen molar-refractivity contribution in [3.05, 3.63) is 46.7 Å². The molecule has 1 aromatic carbocycles. The monoisotopic (exact) mass is 362 g/mol. The summed E-state index contributed by atoms with van der Waals surface area (Å²) in [6.45, 7) is 0.880. The molecule has 0 saturated carbocycles. The van der Waals surface area contributed by atoms with E-state index in [9.17, 15) is 13.2 Å². The number of piperidine rings is 1. The van der Waals surface area contributed by atoms with Gasteiger partial charge in [-0.15, -0.1) is 0 Å². The third-order valence-corrected chi connectivity index (χ3v) is 6.61. The van der Waals surface area contributed by atoms with Gasteiger partial charge in [0.15, 0.2) is 5.58 Å². The lowest BCUT2D eigenvalue weighted by atomic mass is 9.96. The molecule has 132 valence electrons. The van der Waals surface area contributed by atoms with Crippen LogP contribution in [0.5, 0.6) is 0 Å². The molecule has 1 N–H and O–H groups in total. The highest BCUT2D eigenvalue weighted by Gasteiger charge is 2.31. The molecule has 0 bridgehead atoms. The number of benzene rings is 1. The number of hydrogen-bond donors (Lipinski definition) is 1. The van der Waals surface area contributed by atoms with Crippen molar-refractivity contribution in [1.82, 2.24) is 19.1 Å². The smallest absolute Gasteiger partial charge is 0.408 e. The molecule has 1 fully saturated rings. The molecule has 25 heavy (non-hydrogen) atoms. The maximum Gasteiger partial charge on any atom is 0.419 e. The molecule has 4 rings (SSSR count). The Bertz CT molecular complexity index is 1070. The van der Waals surface area contributed by atoms with Crippen molar-refractivity contribution in [2.45, 2.75) is 23.7 Å². The van der Waals surface area contributed by atoms with Crippen molar-refractivity contribution < 1.29 is 12.8 Å². The van der Waals surface area contributed by atoms with Crippen LogP contribution in [-0.2, 0) is 17.1 Å². The first-order valence-corrected chi connectivity index (χ1v) is 9.50. The van der Waals surface area contributed by atoms with Crippen molar-refractivity contribution in [2.75, 3.05) is 13.1 Å². The summed E-state index contributed by atoms with van der Waals surface area (Å²) in [6.07, 6.45) is 3.38. The zero-order valence-electron chi connectivity index (χ0n) is 13.7. The molecule has 0 amide bonds. The number of oxazole rings is 1. The Morgan fingerprint density at radius 2 is 2.16 bits per heavy atom. The quantitative estimate of drug-likeness (QED) is 0.759. The van der Waals surface area contributed by atoms with Gasteiger partial charge >= 0.3 is 5.76 Å². The lowest BCUT2D eigenvalue weighted by molar-refractivity contribution is 0.312. The van der Waals surface area contributed by atoms with Crippen LogP contribution in [-0.4, -0.2) is 40.6 Å². The van der Waals surface area contributed by atoms with Gasteiger partial charge in [0, 0.05) is 44.0 Å². The summed E-state index contributed by atoms with van der Waals surface area (Å²) in [7, 11) is -2.07. The van der Waals surface area contributed by atoms with Gasteiger partial charge in [-0.05, 0) is 31.0 Å². The minimum atomic E-state index is -3.65. The summed E-state index contributed by atoms with van der Waals surface area (Å²) in [5.74, 6) is -0.411. The number of H-pyrrole nitrogens is 1. The maximum atomic E-state index is 13.0. The van der Waals surface area contributed by atoms with Crippen LogP contribution in [0.2, 0.25) is 0 Å². The minimum Gasteiger partial charge on any atom is -0.408 e. The second-order valence-corrected chi connectivity index (χ2v) is 8.21. The fourth-order valence-corrected chi connectivity index (χ4v) is 4.87. The fourth-order valence-electron chi connectivity index (χ4n) is 3.33. The highest BCUT2D eigenvalue weighted by Crippen LogP contribution is 2.30. The molecule has 0 spiro atoms. The number of nitrogens with zero attached hydrogens (tertiary/aromatic N) is 3. The molecule has 0 radical (unpaired) electrons. The third-order valence-electron chi connectivity index (χ3n) is 4.75. The van der Waals surface area contributed by atoms with Crippen molar-refractivity contribution in [1.29, 1.82) is 0 Å². The summed E-state index contributed by atoms with van der Waals surface area (Å²) in [4.78, 5) is 11.7. The fraction of sp³-hybridized carbons (Fsp3) is 0.375. The van der Waals surface area contributed by atoms with E-state index in [1.165, 1.54) is 21.0 Å². The normalized spacial score (nSPS) is 19.5. The van der Waals surface area contributed by atoms with Gasteiger partial charge in [-0.2, -0.15) is 9.40 Å². The van der Waals surface area contributed by atoms with E-state index in [4.69, 9.17) is 4.42 Å². The maximum absolute atomic E-state index is 13.0. The second kappa shape index (κ2) is 5.85. The van der Waals surface area contributed by atoms with E-state index in [0.29, 0.717) is 18.6 Å². The van der Waals surface area contributed by atoms with Crippen LogP contribution in [0, 0.1) is 0 Å². The van der Waals surface area contributed by atoms with Gasteiger partial charge in [0.1, 0.15) is 0 Å². The molecule has 1 aliphatic rings. The molecular weight excluding hydrogens is 344 g/mol. The molecule has 1 saturated heterocycles. The molecular formula is C16H18N4O4S. The van der Waals surface area contributed by atoms with Crippen LogP contribution in [0.25, 0.3) is 11.1 Å². The Kier molecular flexibility index (Phi) is 3.77. The average Bonchev–Trinajstić information content (AvgIpc) is 3.24. The molecule has 0 aliphatic carbocycles. The Hall–Kier alpha value is -2.39. The van der Waals surface area contributed by atoms with E-state index in [-0.39, 0.29) is 16.4 Å². The van der Waals surface area contributed by atoms with E-state index in [2.05, 4.69) is 10.2 Å². The highest BCUT2D eigenvalue weighted by atomic mass is 32.2. The highest BCUT2D eigenvalue weighted by molar-refractivity contribution is 7.89. The first kappa shape index (κ1) is 16.1. The molecule has 8 nitrogen and oxygen atoms in total. The Morgan fingerprint density at radius 3 is 2.92 bits per heavy atom. The predicted molar refractivity (Wildman–Crippen MR) is 90.8 cm³/mol. The molecule has 1 atom stereocenters. The summed E-state index contributed by atoms with van der Waals surface area (Å²) < 4.78 is 34.0. The molecule has 1 aliphatic heterocycles. The van der Waals surface area contributed by atoms with Gasteiger partial charge in [-0.1, -0.05) is 0 Å². The van der Waals surface area contributed by atoms with Crippen LogP contribution in [0.3, 0.4) is 0 Å². The van der Waals surface area contributed by atoms with E-state index in [1.807, 2.05) is 6.07 Å². The number of nitrogens with one attached hydrogen (secondary N) is 1. The van der Waals surface area contributed by atoms with Crippen molar-refractivity contribution in [3.8, 4) is 0 Å². The number of aryl methyl sites for hydroxylation is 1. The molecule has 3 heterocycles. The van der Waals surface area contributed by atoms with Crippen LogP contribution in [0.1, 0.15) is 24.5 Å². The second-order valence-electron chi connectivity index (χ2n) is 6.27. The predicted octanol–water partition coefficient (Wildman–Crippen LogP) is 1.42. The Morgan fingerprint density at radius 1 is 1.32 bits per heavy atom. The number of rotatable bonds is 3. The van der Waals surface area contributed by atoms with Crippen LogP contribution in [0.15, 0.2) is 44.6 Å². The van der Waals surface area contributed by atoms with Gasteiger partial charge in [0.25, 0.3) is 0 Å². The first-order valence-electron chi connectivity index (χ1n) is 8.06. The van der Waals surface area contributed by atoms with Gasteiger partial charge in [0.2, 0.25) is 10.0 Å². The van der Waals surface area contributed by atoms with Gasteiger partial charge in [-0.3, -0.25) is 9.67 Å². The van der Waals surface area contributed by atoms with Crippen LogP contribution < -0.4 is 5.76 Å². The van der Waals surface area contributed by atoms with Crippen molar-refractivity contribution in [3.63, 3.8) is 0 Å². The van der Waals surface area contributed by atoms with Crippen LogP contribution >= 0.6 is 0 Å². The lowest BCUT2D eigenvalue weighted by Crippen LogP contribution is -2.39. The standard InChI is InChI=1S/C16H18N4O4S/c1-19-14-5-4-12(9-15(14)24-16(19)21)25(22,23)20-8-2-3-11(10-20)13-6-7-17-18-13/h4-7,9,11H,2-3,8,10H2,1H3,(H,17,18).